The van der Waals surface area contributed by atoms with Crippen LogP contribution in [0.1, 0.15) is 31.1 Å². The second-order valence-electron chi connectivity index (χ2n) is 2.63. The number of hydrogen-bond donors (Lipinski definition) is 3. The van der Waals surface area contributed by atoms with Crippen molar-refractivity contribution in [3.8, 4) is 5.75 Å². The molecule has 1 aromatic rings. The van der Waals surface area contributed by atoms with Crippen LogP contribution in [0.2, 0.25) is 0 Å². The molecule has 0 bridgehead atoms. The Morgan fingerprint density at radius 2 is 2.12 bits per heavy atom. The lowest BCUT2D eigenvalue weighted by Crippen LogP contribution is -2.19. The molecule has 0 unspecified atom stereocenters. The van der Waals surface area contributed by atoms with E-state index in [2.05, 4.69) is 0 Å². The molecule has 1 amide bonds. The summed E-state index contributed by atoms with van der Waals surface area (Å²) in [5, 5.41) is 8.48. The minimum absolute atomic E-state index is 0.217. The molecule has 0 fully saturated rings. The van der Waals surface area contributed by atoms with E-state index in [4.69, 9.17) is 15.7 Å². The van der Waals surface area contributed by atoms with Crippen molar-refractivity contribution in [2.24, 2.45) is 0 Å². The molecule has 0 heterocycles. The van der Waals surface area contributed by atoms with E-state index in [1.165, 1.54) is 11.5 Å². The largest absolute Gasteiger partial charge is 0.493 e. The van der Waals surface area contributed by atoms with Gasteiger partial charge >= 0.3 is 0 Å². The fourth-order valence-electron chi connectivity index (χ4n) is 1.07. The van der Waals surface area contributed by atoms with Crippen LogP contribution >= 0.6 is 0 Å². The van der Waals surface area contributed by atoms with Gasteiger partial charge in [-0.05, 0) is 25.1 Å². The van der Waals surface area contributed by atoms with Crippen molar-refractivity contribution in [3.63, 3.8) is 0 Å². The summed E-state index contributed by atoms with van der Waals surface area (Å²) in [6.45, 7) is 6.24. The molecule has 5 heteroatoms. The summed E-state index contributed by atoms with van der Waals surface area (Å²) in [6, 6.07) is 4.65. The molecular formula is C11H18N2O3. The van der Waals surface area contributed by atoms with E-state index in [0.29, 0.717) is 18.0 Å². The molecule has 90 valence electrons. The highest BCUT2D eigenvalue weighted by Gasteiger charge is 2.11. The first-order valence-corrected chi connectivity index (χ1v) is 5.15. The van der Waals surface area contributed by atoms with Gasteiger partial charge in [0, 0.05) is 5.69 Å². The average molecular weight is 226 g/mol. The summed E-state index contributed by atoms with van der Waals surface area (Å²) in [5.41, 5.74) is 7.69. The van der Waals surface area contributed by atoms with Gasteiger partial charge in [-0.3, -0.25) is 10.0 Å². The van der Waals surface area contributed by atoms with Gasteiger partial charge in [0.05, 0.1) is 12.2 Å². The molecule has 0 spiro atoms. The van der Waals surface area contributed by atoms with Crippen LogP contribution in [-0.2, 0) is 0 Å². The number of hydrogen-bond acceptors (Lipinski definition) is 4. The van der Waals surface area contributed by atoms with E-state index in [1.54, 1.807) is 19.1 Å². The van der Waals surface area contributed by atoms with Gasteiger partial charge in [-0.2, -0.15) is 0 Å². The number of hydroxylamine groups is 1. The predicted octanol–water partition coefficient (Wildman–Crippen LogP) is 1.81. The van der Waals surface area contributed by atoms with Crippen LogP contribution in [0, 0.1) is 0 Å². The van der Waals surface area contributed by atoms with Crippen molar-refractivity contribution < 1.29 is 14.7 Å². The van der Waals surface area contributed by atoms with E-state index in [-0.39, 0.29) is 5.56 Å². The van der Waals surface area contributed by atoms with Gasteiger partial charge in [0.15, 0.2) is 0 Å². The third kappa shape index (κ3) is 3.78. The SMILES string of the molecule is CC.CCOc1ccc(N)cc1C(=O)NO. The molecule has 0 aliphatic rings. The quantitative estimate of drug-likeness (QED) is 0.417. The predicted molar refractivity (Wildman–Crippen MR) is 62.6 cm³/mol. The molecule has 0 saturated heterocycles. The molecule has 4 N–H and O–H groups in total. The second kappa shape index (κ2) is 7.53. The number of nitrogens with one attached hydrogen (secondary N) is 1. The van der Waals surface area contributed by atoms with E-state index in [9.17, 15) is 4.79 Å². The topological polar surface area (TPSA) is 84.6 Å². The Bertz CT molecular complexity index is 340. The number of carbonyl (C=O) groups is 1. The Hall–Kier alpha value is -1.75. The van der Waals surface area contributed by atoms with Crippen molar-refractivity contribution in [1.29, 1.82) is 0 Å². The fraction of sp³-hybridized carbons (Fsp3) is 0.364. The molecule has 0 aliphatic carbocycles. The van der Waals surface area contributed by atoms with Crippen LogP contribution in [0.4, 0.5) is 5.69 Å². The van der Waals surface area contributed by atoms with E-state index >= 15 is 0 Å². The van der Waals surface area contributed by atoms with Crippen LogP contribution in [0.3, 0.4) is 0 Å². The second-order valence-corrected chi connectivity index (χ2v) is 2.63. The number of amides is 1. The number of rotatable bonds is 3. The van der Waals surface area contributed by atoms with Crippen molar-refractivity contribution in [3.05, 3.63) is 23.8 Å². The first-order valence-electron chi connectivity index (χ1n) is 5.15. The van der Waals surface area contributed by atoms with Gasteiger partial charge in [-0.1, -0.05) is 13.8 Å². The van der Waals surface area contributed by atoms with Crippen LogP contribution in [0.25, 0.3) is 0 Å². The Morgan fingerprint density at radius 1 is 1.50 bits per heavy atom. The van der Waals surface area contributed by atoms with Gasteiger partial charge in [-0.15, -0.1) is 0 Å². The average Bonchev–Trinajstić information content (AvgIpc) is 2.33. The molecule has 0 radical (unpaired) electrons. The normalized spacial score (nSPS) is 8.75. The van der Waals surface area contributed by atoms with E-state index in [0.717, 1.165) is 0 Å². The summed E-state index contributed by atoms with van der Waals surface area (Å²) in [7, 11) is 0. The molecule has 0 saturated carbocycles. The van der Waals surface area contributed by atoms with Crippen molar-refractivity contribution >= 4 is 11.6 Å². The molecule has 0 aromatic heterocycles. The molecule has 0 atom stereocenters. The Kier molecular flexibility index (Phi) is 6.71. The molecule has 5 nitrogen and oxygen atoms in total. The van der Waals surface area contributed by atoms with E-state index in [1.807, 2.05) is 13.8 Å². The summed E-state index contributed by atoms with van der Waals surface area (Å²) in [5.74, 6) is -0.242. The molecular weight excluding hydrogens is 208 g/mol. The summed E-state index contributed by atoms with van der Waals surface area (Å²) >= 11 is 0. The van der Waals surface area contributed by atoms with Crippen LogP contribution < -0.4 is 16.0 Å². The number of ether oxygens (including phenoxy) is 1. The smallest absolute Gasteiger partial charge is 0.278 e. The van der Waals surface area contributed by atoms with Gasteiger partial charge in [0.25, 0.3) is 5.91 Å². The van der Waals surface area contributed by atoms with Crippen molar-refractivity contribution in [1.82, 2.24) is 5.48 Å². The third-order valence-electron chi connectivity index (χ3n) is 1.65. The Balaban J connectivity index is 0.00000106. The fourth-order valence-corrected chi connectivity index (χ4v) is 1.07. The van der Waals surface area contributed by atoms with Gasteiger partial charge in [0.2, 0.25) is 0 Å². The van der Waals surface area contributed by atoms with Gasteiger partial charge in [-0.25, -0.2) is 5.48 Å². The van der Waals surface area contributed by atoms with Crippen molar-refractivity contribution in [2.45, 2.75) is 20.8 Å². The zero-order valence-electron chi connectivity index (χ0n) is 9.78. The minimum atomic E-state index is -0.638. The Morgan fingerprint density at radius 3 is 2.62 bits per heavy atom. The number of anilines is 1. The monoisotopic (exact) mass is 226 g/mol. The van der Waals surface area contributed by atoms with Crippen LogP contribution in [0.15, 0.2) is 18.2 Å². The summed E-state index contributed by atoms with van der Waals surface area (Å²) in [4.78, 5) is 11.2. The number of carbonyl (C=O) groups excluding carboxylic acids is 1. The maximum absolute atomic E-state index is 11.2. The number of benzene rings is 1. The third-order valence-corrected chi connectivity index (χ3v) is 1.65. The van der Waals surface area contributed by atoms with Crippen molar-refractivity contribution in [2.75, 3.05) is 12.3 Å². The summed E-state index contributed by atoms with van der Waals surface area (Å²) < 4.78 is 5.19. The molecule has 16 heavy (non-hydrogen) atoms. The standard InChI is InChI=1S/C9H12N2O3.C2H6/c1-2-14-8-4-3-6(10)5-7(8)9(12)11-13;1-2/h3-5,13H,2,10H2,1H3,(H,11,12);1-2H3. The minimum Gasteiger partial charge on any atom is -0.493 e. The zero-order valence-corrected chi connectivity index (χ0v) is 9.78. The van der Waals surface area contributed by atoms with Gasteiger partial charge < -0.3 is 10.5 Å². The lowest BCUT2D eigenvalue weighted by molar-refractivity contribution is 0.0702. The first kappa shape index (κ1) is 14.2. The maximum atomic E-state index is 11.2. The van der Waals surface area contributed by atoms with Crippen LogP contribution in [-0.4, -0.2) is 17.7 Å². The molecule has 1 rings (SSSR count). The number of nitrogens with two attached hydrogens (primary N) is 1. The lowest BCUT2D eigenvalue weighted by Gasteiger charge is -2.08. The van der Waals surface area contributed by atoms with E-state index < -0.39 is 5.91 Å². The van der Waals surface area contributed by atoms with Crippen LogP contribution in [0.5, 0.6) is 5.75 Å². The highest BCUT2D eigenvalue weighted by molar-refractivity contribution is 5.97. The molecule has 1 aromatic carbocycles. The Labute approximate surface area is 95.2 Å². The lowest BCUT2D eigenvalue weighted by atomic mass is 10.1. The first-order chi connectivity index (χ1) is 7.69. The summed E-state index contributed by atoms with van der Waals surface area (Å²) in [6.07, 6.45) is 0. The highest BCUT2D eigenvalue weighted by atomic mass is 16.5. The maximum Gasteiger partial charge on any atom is 0.278 e. The zero-order chi connectivity index (χ0) is 12.6. The number of nitrogen functional groups attached to an aromatic ring is 1. The van der Waals surface area contributed by atoms with Gasteiger partial charge in [0.1, 0.15) is 5.75 Å². The molecule has 0 aliphatic heterocycles. The highest BCUT2D eigenvalue weighted by Crippen LogP contribution is 2.21.